The SMILES string of the molecule is CCCCCCCCCCCCCCCCC(SC(CCCCCCCCCCCCCCCC)C1CO1)C1CO1. The van der Waals surface area contributed by atoms with Crippen LogP contribution in [0, 0.1) is 0 Å². The normalized spacial score (nSPS) is 19.5. The van der Waals surface area contributed by atoms with Gasteiger partial charge in [-0.15, -0.1) is 11.8 Å². The van der Waals surface area contributed by atoms with Crippen molar-refractivity contribution in [3.8, 4) is 0 Å². The molecule has 2 aliphatic heterocycles. The van der Waals surface area contributed by atoms with Crippen molar-refractivity contribution >= 4 is 11.8 Å². The van der Waals surface area contributed by atoms with Gasteiger partial charge in [-0.3, -0.25) is 0 Å². The second-order valence-corrected chi connectivity index (χ2v) is 15.2. The van der Waals surface area contributed by atoms with Gasteiger partial charge < -0.3 is 9.47 Å². The first-order chi connectivity index (χ1) is 20.3. The largest absolute Gasteiger partial charge is 0.372 e. The predicted molar refractivity (Wildman–Crippen MR) is 185 cm³/mol. The summed E-state index contributed by atoms with van der Waals surface area (Å²) < 4.78 is 11.6. The molecule has 0 bridgehead atoms. The lowest BCUT2D eigenvalue weighted by Crippen LogP contribution is -2.20. The zero-order chi connectivity index (χ0) is 29.1. The molecule has 0 amide bonds. The minimum absolute atomic E-state index is 0.541. The van der Waals surface area contributed by atoms with Crippen LogP contribution in [0.15, 0.2) is 0 Å². The van der Waals surface area contributed by atoms with Crippen LogP contribution in [0.4, 0.5) is 0 Å². The van der Waals surface area contributed by atoms with E-state index in [0.29, 0.717) is 22.7 Å². The number of rotatable bonds is 34. The van der Waals surface area contributed by atoms with E-state index in [0.717, 1.165) is 13.2 Å². The van der Waals surface area contributed by atoms with Crippen LogP contribution < -0.4 is 0 Å². The first-order valence-corrected chi connectivity index (χ1v) is 20.2. The van der Waals surface area contributed by atoms with Gasteiger partial charge in [0.1, 0.15) is 0 Å². The van der Waals surface area contributed by atoms with Crippen LogP contribution in [-0.2, 0) is 9.47 Å². The molecule has 0 spiro atoms. The predicted octanol–water partition coefficient (Wildman–Crippen LogP) is 13.0. The number of hydrogen-bond donors (Lipinski definition) is 0. The van der Waals surface area contributed by atoms with Gasteiger partial charge in [-0.1, -0.05) is 194 Å². The minimum Gasteiger partial charge on any atom is -0.372 e. The summed E-state index contributed by atoms with van der Waals surface area (Å²) in [6, 6.07) is 0. The highest BCUT2D eigenvalue weighted by Crippen LogP contribution is 2.39. The van der Waals surface area contributed by atoms with Crippen molar-refractivity contribution < 1.29 is 9.47 Å². The van der Waals surface area contributed by atoms with Crippen LogP contribution in [0.3, 0.4) is 0 Å². The Hall–Kier alpha value is 0.270. The molecule has 244 valence electrons. The van der Waals surface area contributed by atoms with Gasteiger partial charge in [-0.2, -0.15) is 0 Å². The number of hydrogen-bond acceptors (Lipinski definition) is 3. The van der Waals surface area contributed by atoms with E-state index in [1.165, 1.54) is 193 Å². The van der Waals surface area contributed by atoms with E-state index in [2.05, 4.69) is 25.6 Å². The Balaban J connectivity index is 1.39. The molecule has 2 nitrogen and oxygen atoms in total. The molecule has 4 atom stereocenters. The highest BCUT2D eigenvalue weighted by molar-refractivity contribution is 8.00. The molecule has 41 heavy (non-hydrogen) atoms. The maximum atomic E-state index is 5.81. The molecule has 2 aliphatic rings. The summed E-state index contributed by atoms with van der Waals surface area (Å²) in [5.74, 6) is 0. The Morgan fingerprint density at radius 3 is 0.829 bits per heavy atom. The number of ether oxygens (including phenoxy) is 2. The minimum atomic E-state index is 0.541. The standard InChI is InChI=1S/C38H74O2S/c1-3-5-7-9-11-13-15-17-19-21-23-25-27-29-31-37(35-33-39-35)41-38(36-34-40-36)32-30-28-26-24-22-20-18-16-14-12-10-8-6-4-2/h35-38H,3-34H2,1-2H3. The Morgan fingerprint density at radius 1 is 0.390 bits per heavy atom. The second-order valence-electron chi connectivity index (χ2n) is 13.7. The van der Waals surface area contributed by atoms with Crippen LogP contribution in [0.25, 0.3) is 0 Å². The third-order valence-corrected chi connectivity index (χ3v) is 11.4. The maximum Gasteiger partial charge on any atom is 0.0928 e. The fourth-order valence-corrected chi connectivity index (χ4v) is 8.25. The van der Waals surface area contributed by atoms with Crippen molar-refractivity contribution in [2.24, 2.45) is 0 Å². The number of epoxide rings is 2. The van der Waals surface area contributed by atoms with Crippen molar-refractivity contribution in [3.05, 3.63) is 0 Å². The fraction of sp³-hybridized carbons (Fsp3) is 1.00. The molecule has 0 N–H and O–H groups in total. The van der Waals surface area contributed by atoms with Crippen LogP contribution in [0.5, 0.6) is 0 Å². The molecule has 0 aromatic rings. The summed E-state index contributed by atoms with van der Waals surface area (Å²) in [6.07, 6.45) is 44.2. The lowest BCUT2D eigenvalue weighted by Gasteiger charge is -2.21. The molecule has 2 saturated heterocycles. The maximum absolute atomic E-state index is 5.81. The van der Waals surface area contributed by atoms with Gasteiger partial charge in [0.05, 0.1) is 25.4 Å². The van der Waals surface area contributed by atoms with Crippen molar-refractivity contribution in [1.82, 2.24) is 0 Å². The Morgan fingerprint density at radius 2 is 0.610 bits per heavy atom. The highest BCUT2D eigenvalue weighted by Gasteiger charge is 2.39. The summed E-state index contributed by atoms with van der Waals surface area (Å²) in [4.78, 5) is 0. The summed E-state index contributed by atoms with van der Waals surface area (Å²) in [5.41, 5.74) is 0. The summed E-state index contributed by atoms with van der Waals surface area (Å²) in [5, 5.41) is 1.43. The topological polar surface area (TPSA) is 25.1 Å². The van der Waals surface area contributed by atoms with E-state index >= 15 is 0 Å². The molecular formula is C38H74O2S. The van der Waals surface area contributed by atoms with Crippen molar-refractivity contribution in [3.63, 3.8) is 0 Å². The number of thioether (sulfide) groups is 1. The average molecular weight is 595 g/mol. The van der Waals surface area contributed by atoms with Crippen molar-refractivity contribution in [2.45, 2.75) is 229 Å². The molecular weight excluding hydrogens is 520 g/mol. The van der Waals surface area contributed by atoms with Crippen LogP contribution >= 0.6 is 11.8 Å². The van der Waals surface area contributed by atoms with Gasteiger partial charge in [0.25, 0.3) is 0 Å². The van der Waals surface area contributed by atoms with Crippen molar-refractivity contribution in [2.75, 3.05) is 13.2 Å². The van der Waals surface area contributed by atoms with Crippen LogP contribution in [0.1, 0.15) is 206 Å². The Kier molecular flexibility index (Phi) is 25.4. The smallest absolute Gasteiger partial charge is 0.0928 e. The van der Waals surface area contributed by atoms with E-state index in [9.17, 15) is 0 Å². The first kappa shape index (κ1) is 37.5. The van der Waals surface area contributed by atoms with Crippen molar-refractivity contribution in [1.29, 1.82) is 0 Å². The molecule has 2 heterocycles. The third kappa shape index (κ3) is 23.3. The van der Waals surface area contributed by atoms with Gasteiger partial charge >= 0.3 is 0 Å². The summed E-state index contributed by atoms with van der Waals surface area (Å²) in [6.45, 7) is 6.63. The van der Waals surface area contributed by atoms with E-state index in [1.54, 1.807) is 0 Å². The number of unbranched alkanes of at least 4 members (excludes halogenated alkanes) is 26. The summed E-state index contributed by atoms with van der Waals surface area (Å²) in [7, 11) is 0. The molecule has 4 unspecified atom stereocenters. The lowest BCUT2D eigenvalue weighted by atomic mass is 10.0. The molecule has 0 aromatic heterocycles. The van der Waals surface area contributed by atoms with Gasteiger partial charge in [0.2, 0.25) is 0 Å². The van der Waals surface area contributed by atoms with E-state index in [-0.39, 0.29) is 0 Å². The van der Waals surface area contributed by atoms with Gasteiger partial charge in [-0.25, -0.2) is 0 Å². The Labute approximate surface area is 263 Å². The van der Waals surface area contributed by atoms with E-state index in [4.69, 9.17) is 9.47 Å². The van der Waals surface area contributed by atoms with Crippen LogP contribution in [-0.4, -0.2) is 35.9 Å². The first-order valence-electron chi connectivity index (χ1n) is 19.2. The zero-order valence-electron chi connectivity index (χ0n) is 28.2. The third-order valence-electron chi connectivity index (χ3n) is 9.58. The molecule has 0 saturated carbocycles. The molecule has 2 fully saturated rings. The van der Waals surface area contributed by atoms with E-state index < -0.39 is 0 Å². The van der Waals surface area contributed by atoms with E-state index in [1.807, 2.05) is 0 Å². The van der Waals surface area contributed by atoms with Gasteiger partial charge in [-0.05, 0) is 12.8 Å². The lowest BCUT2D eigenvalue weighted by molar-refractivity contribution is 0.383. The van der Waals surface area contributed by atoms with Crippen LogP contribution in [0.2, 0.25) is 0 Å². The quantitative estimate of drug-likeness (QED) is 0.0547. The summed E-state index contributed by atoms with van der Waals surface area (Å²) >= 11 is 2.25. The van der Waals surface area contributed by atoms with Gasteiger partial charge in [0.15, 0.2) is 0 Å². The molecule has 3 heteroatoms. The molecule has 0 radical (unpaired) electrons. The average Bonchev–Trinajstić information content (AvgIpc) is 3.90. The second kappa shape index (κ2) is 27.8. The Bertz CT molecular complexity index is 486. The fourth-order valence-electron chi connectivity index (χ4n) is 6.53. The highest BCUT2D eigenvalue weighted by atomic mass is 32.2. The molecule has 0 aliphatic carbocycles. The molecule has 2 rings (SSSR count). The van der Waals surface area contributed by atoms with Gasteiger partial charge in [0, 0.05) is 10.5 Å². The molecule has 0 aromatic carbocycles. The monoisotopic (exact) mass is 595 g/mol. The zero-order valence-corrected chi connectivity index (χ0v) is 29.0.